The number of aromatic nitrogens is 1. The molecule has 0 saturated carbocycles. The van der Waals surface area contributed by atoms with Crippen molar-refractivity contribution in [2.45, 2.75) is 33.9 Å². The summed E-state index contributed by atoms with van der Waals surface area (Å²) in [5.41, 5.74) is 0. The van der Waals surface area contributed by atoms with Crippen molar-refractivity contribution in [3.63, 3.8) is 0 Å². The molecular weight excluding hydrogens is 274 g/mol. The van der Waals surface area contributed by atoms with Gasteiger partial charge in [0.1, 0.15) is 0 Å². The van der Waals surface area contributed by atoms with E-state index in [-0.39, 0.29) is 0 Å². The molecule has 2 aromatic rings. The van der Waals surface area contributed by atoms with Gasteiger partial charge in [-0.05, 0) is 32.9 Å². The second-order valence-corrected chi connectivity index (χ2v) is 6.86. The number of thiazole rings is 1. The van der Waals surface area contributed by atoms with Crippen LogP contribution in [0.4, 0.5) is 5.13 Å². The zero-order valence-corrected chi connectivity index (χ0v) is 13.4. The molecule has 0 bridgehead atoms. The zero-order valence-electron chi connectivity index (χ0n) is 11.8. The summed E-state index contributed by atoms with van der Waals surface area (Å²) in [6.45, 7) is 10.4. The molecule has 0 fully saturated rings. The fourth-order valence-electron chi connectivity index (χ4n) is 1.91. The lowest BCUT2D eigenvalue weighted by molar-refractivity contribution is 0.708. The fraction of sp³-hybridized carbons (Fsp3) is 0.500. The molecule has 3 nitrogen and oxygen atoms in total. The number of hydrogen-bond acceptors (Lipinski definition) is 5. The van der Waals surface area contributed by atoms with Crippen LogP contribution in [0.5, 0.6) is 0 Å². The molecule has 0 unspecified atom stereocenters. The molecule has 0 amide bonds. The van der Waals surface area contributed by atoms with E-state index in [0.717, 1.165) is 31.3 Å². The van der Waals surface area contributed by atoms with E-state index < -0.39 is 0 Å². The molecule has 0 spiro atoms. The first-order chi connectivity index (χ1) is 9.22. The average Bonchev–Trinajstić information content (AvgIpc) is 3.01. The number of aryl methyl sites for hydroxylation is 1. The van der Waals surface area contributed by atoms with E-state index in [2.05, 4.69) is 48.1 Å². The van der Waals surface area contributed by atoms with Gasteiger partial charge in [-0.15, -0.1) is 22.7 Å². The van der Waals surface area contributed by atoms with E-state index in [1.807, 2.05) is 17.5 Å². The molecule has 2 heterocycles. The highest BCUT2D eigenvalue weighted by Crippen LogP contribution is 2.22. The van der Waals surface area contributed by atoms with E-state index in [9.17, 15) is 0 Å². The minimum atomic E-state index is 0.899. The molecule has 104 valence electrons. The van der Waals surface area contributed by atoms with Crippen LogP contribution >= 0.6 is 22.7 Å². The van der Waals surface area contributed by atoms with Gasteiger partial charge in [0.15, 0.2) is 5.13 Å². The van der Waals surface area contributed by atoms with Gasteiger partial charge in [-0.3, -0.25) is 0 Å². The van der Waals surface area contributed by atoms with E-state index in [0.29, 0.717) is 0 Å². The van der Waals surface area contributed by atoms with E-state index in [1.165, 1.54) is 14.6 Å². The topological polar surface area (TPSA) is 28.2 Å². The van der Waals surface area contributed by atoms with Crippen LogP contribution in [0.3, 0.4) is 0 Å². The summed E-state index contributed by atoms with van der Waals surface area (Å²) in [6.07, 6.45) is 1.99. The van der Waals surface area contributed by atoms with Crippen LogP contribution in [-0.4, -0.2) is 18.1 Å². The van der Waals surface area contributed by atoms with Gasteiger partial charge in [-0.25, -0.2) is 4.98 Å². The average molecular weight is 295 g/mol. The lowest BCUT2D eigenvalue weighted by atomic mass is 10.4. The predicted molar refractivity (Wildman–Crippen MR) is 85.3 cm³/mol. The molecule has 0 saturated heterocycles. The molecule has 0 aliphatic carbocycles. The molecule has 0 aliphatic heterocycles. The minimum Gasteiger partial charge on any atom is -0.349 e. The third-order valence-corrected chi connectivity index (χ3v) is 5.03. The third-order valence-electron chi connectivity index (χ3n) is 2.97. The maximum atomic E-state index is 4.50. The summed E-state index contributed by atoms with van der Waals surface area (Å²) in [6, 6.07) is 4.37. The largest absolute Gasteiger partial charge is 0.349 e. The molecule has 0 aliphatic rings. The normalized spacial score (nSPS) is 10.9. The van der Waals surface area contributed by atoms with E-state index in [4.69, 9.17) is 0 Å². The van der Waals surface area contributed by atoms with Crippen molar-refractivity contribution in [2.75, 3.05) is 18.0 Å². The molecule has 0 atom stereocenters. The van der Waals surface area contributed by atoms with Crippen molar-refractivity contribution in [1.29, 1.82) is 0 Å². The Hall–Kier alpha value is -0.910. The van der Waals surface area contributed by atoms with Crippen molar-refractivity contribution < 1.29 is 0 Å². The molecule has 0 radical (unpaired) electrons. The van der Waals surface area contributed by atoms with Crippen LogP contribution in [0.1, 0.15) is 28.5 Å². The third kappa shape index (κ3) is 4.03. The predicted octanol–water partition coefficient (Wildman–Crippen LogP) is 3.65. The lowest BCUT2D eigenvalue weighted by Gasteiger charge is -2.16. The maximum absolute atomic E-state index is 4.50. The Labute approximate surface area is 123 Å². The first-order valence-corrected chi connectivity index (χ1v) is 8.32. The molecule has 5 heteroatoms. The van der Waals surface area contributed by atoms with Gasteiger partial charge in [0.05, 0.1) is 0 Å². The number of rotatable bonds is 7. The van der Waals surface area contributed by atoms with Gasteiger partial charge in [0.2, 0.25) is 0 Å². The highest BCUT2D eigenvalue weighted by atomic mass is 32.1. The quantitative estimate of drug-likeness (QED) is 0.845. The molecule has 2 rings (SSSR count). The highest BCUT2D eigenvalue weighted by Gasteiger charge is 2.07. The highest BCUT2D eigenvalue weighted by molar-refractivity contribution is 7.15. The second-order valence-electron chi connectivity index (χ2n) is 4.40. The number of nitrogens with zero attached hydrogens (tertiary/aromatic N) is 2. The van der Waals surface area contributed by atoms with Crippen molar-refractivity contribution in [3.8, 4) is 0 Å². The van der Waals surface area contributed by atoms with Crippen molar-refractivity contribution in [3.05, 3.63) is 33.0 Å². The smallest absolute Gasteiger partial charge is 0.185 e. The van der Waals surface area contributed by atoms with Gasteiger partial charge in [-0.2, -0.15) is 0 Å². The summed E-state index contributed by atoms with van der Waals surface area (Å²) in [5.74, 6) is 0. The molecule has 1 N–H and O–H groups in total. The van der Waals surface area contributed by atoms with Gasteiger partial charge >= 0.3 is 0 Å². The fourth-order valence-corrected chi connectivity index (χ4v) is 3.78. The van der Waals surface area contributed by atoms with Crippen LogP contribution in [-0.2, 0) is 13.1 Å². The number of anilines is 1. The van der Waals surface area contributed by atoms with E-state index in [1.54, 1.807) is 11.3 Å². The molecule has 19 heavy (non-hydrogen) atoms. The first kappa shape index (κ1) is 14.5. The van der Waals surface area contributed by atoms with Crippen molar-refractivity contribution in [2.24, 2.45) is 0 Å². The second kappa shape index (κ2) is 7.03. The Morgan fingerprint density at radius 3 is 2.47 bits per heavy atom. The maximum Gasteiger partial charge on any atom is 0.185 e. The number of hydrogen-bond donors (Lipinski definition) is 1. The summed E-state index contributed by atoms with van der Waals surface area (Å²) in [5, 5.41) is 4.62. The summed E-state index contributed by atoms with van der Waals surface area (Å²) >= 11 is 3.64. The number of thiophene rings is 1. The van der Waals surface area contributed by atoms with Gasteiger partial charge < -0.3 is 10.2 Å². The summed E-state index contributed by atoms with van der Waals surface area (Å²) < 4.78 is 0. The first-order valence-electron chi connectivity index (χ1n) is 6.68. The Morgan fingerprint density at radius 2 is 1.84 bits per heavy atom. The Balaban J connectivity index is 1.83. The van der Waals surface area contributed by atoms with Gasteiger partial charge in [0.25, 0.3) is 0 Å². The minimum absolute atomic E-state index is 0.899. The number of nitrogens with one attached hydrogen (secondary N) is 1. The van der Waals surface area contributed by atoms with Crippen LogP contribution in [0.25, 0.3) is 0 Å². The van der Waals surface area contributed by atoms with Crippen molar-refractivity contribution in [1.82, 2.24) is 10.3 Å². The van der Waals surface area contributed by atoms with E-state index >= 15 is 0 Å². The molecular formula is C14H21N3S2. The standard InChI is InChI=1S/C14H21N3S2/c1-4-17(5-2)14-16-10-13(19-14)9-15-8-12-7-6-11(3)18-12/h6-7,10,15H,4-5,8-9H2,1-3H3. The lowest BCUT2D eigenvalue weighted by Crippen LogP contribution is -2.21. The summed E-state index contributed by atoms with van der Waals surface area (Å²) in [7, 11) is 0. The summed E-state index contributed by atoms with van der Waals surface area (Å²) in [4.78, 5) is 10.9. The Bertz CT molecular complexity index is 500. The van der Waals surface area contributed by atoms with Gasteiger partial charge in [0, 0.05) is 47.0 Å². The van der Waals surface area contributed by atoms with Crippen LogP contribution in [0.2, 0.25) is 0 Å². The Kier molecular flexibility index (Phi) is 5.36. The van der Waals surface area contributed by atoms with Crippen molar-refractivity contribution >= 4 is 27.8 Å². The monoisotopic (exact) mass is 295 g/mol. The molecule has 0 aromatic carbocycles. The van der Waals surface area contributed by atoms with Gasteiger partial charge in [-0.1, -0.05) is 0 Å². The zero-order chi connectivity index (χ0) is 13.7. The van der Waals surface area contributed by atoms with Crippen LogP contribution < -0.4 is 10.2 Å². The Morgan fingerprint density at radius 1 is 1.11 bits per heavy atom. The van der Waals surface area contributed by atoms with Crippen LogP contribution in [0, 0.1) is 6.92 Å². The molecule has 2 aromatic heterocycles. The van der Waals surface area contributed by atoms with Crippen LogP contribution in [0.15, 0.2) is 18.3 Å². The SMILES string of the molecule is CCN(CC)c1ncc(CNCc2ccc(C)s2)s1.